The molecule has 27 heavy (non-hydrogen) atoms. The van der Waals surface area contributed by atoms with E-state index >= 15 is 0 Å². The Morgan fingerprint density at radius 3 is 2.63 bits per heavy atom. The van der Waals surface area contributed by atoms with Crippen molar-refractivity contribution in [2.24, 2.45) is 0 Å². The first kappa shape index (κ1) is 19.4. The molecule has 138 valence electrons. The summed E-state index contributed by atoms with van der Waals surface area (Å²) < 4.78 is 26.6. The Morgan fingerprint density at radius 1 is 1.07 bits per heavy atom. The fourth-order valence-corrected chi connectivity index (χ4v) is 3.83. The number of ketones is 1. The topological polar surface area (TPSA) is 72.0 Å². The molecule has 0 bridgehead atoms. The first-order chi connectivity index (χ1) is 12.9. The zero-order valence-corrected chi connectivity index (χ0v) is 15.8. The molecule has 0 saturated heterocycles. The fourth-order valence-electron chi connectivity index (χ4n) is 2.00. The van der Waals surface area contributed by atoms with E-state index in [1.54, 1.807) is 18.2 Å². The number of hydrogen-bond donors (Lipinski definition) is 1. The number of anilines is 1. The van der Waals surface area contributed by atoms with E-state index in [4.69, 9.17) is 11.6 Å². The SMILES string of the molecule is O=C(CSc1nnc(NC(=O)c2cccc(Cl)c2)s1)c1ccc(F)c(F)c1. The normalized spacial score (nSPS) is 10.6. The number of nitrogens with one attached hydrogen (secondary N) is 1. The molecule has 1 heterocycles. The summed E-state index contributed by atoms with van der Waals surface area (Å²) in [4.78, 5) is 24.2. The maximum atomic E-state index is 13.2. The van der Waals surface area contributed by atoms with Crippen LogP contribution < -0.4 is 5.32 Å². The lowest BCUT2D eigenvalue weighted by molar-refractivity contribution is 0.101. The van der Waals surface area contributed by atoms with Gasteiger partial charge in [0, 0.05) is 16.1 Å². The van der Waals surface area contributed by atoms with Crippen LogP contribution in [0, 0.1) is 11.6 Å². The van der Waals surface area contributed by atoms with Crippen LogP contribution >= 0.6 is 34.7 Å². The van der Waals surface area contributed by atoms with Gasteiger partial charge in [-0.3, -0.25) is 14.9 Å². The van der Waals surface area contributed by atoms with Gasteiger partial charge in [0.15, 0.2) is 21.8 Å². The van der Waals surface area contributed by atoms with Gasteiger partial charge in [-0.05, 0) is 36.4 Å². The van der Waals surface area contributed by atoms with E-state index in [1.807, 2.05) is 0 Å². The third-order valence-electron chi connectivity index (χ3n) is 3.28. The van der Waals surface area contributed by atoms with Crippen molar-refractivity contribution in [2.45, 2.75) is 4.34 Å². The van der Waals surface area contributed by atoms with Gasteiger partial charge in [0.25, 0.3) is 5.91 Å². The molecule has 0 aliphatic heterocycles. The molecule has 0 unspecified atom stereocenters. The third-order valence-corrected chi connectivity index (χ3v) is 5.49. The zero-order chi connectivity index (χ0) is 19.4. The van der Waals surface area contributed by atoms with Gasteiger partial charge < -0.3 is 0 Å². The molecular formula is C17H10ClF2N3O2S2. The summed E-state index contributed by atoms with van der Waals surface area (Å²) in [7, 11) is 0. The summed E-state index contributed by atoms with van der Waals surface area (Å²) in [6.45, 7) is 0. The van der Waals surface area contributed by atoms with E-state index < -0.39 is 11.6 Å². The molecule has 0 fully saturated rings. The standard InChI is InChI=1S/C17H10ClF2N3O2S2/c18-11-3-1-2-10(6-11)15(25)21-16-22-23-17(27-16)26-8-14(24)9-4-5-12(19)13(20)7-9/h1-7H,8H2,(H,21,22,25). The quantitative estimate of drug-likeness (QED) is 0.352. The fraction of sp³-hybridized carbons (Fsp3) is 0.0588. The number of aromatic nitrogens is 2. The van der Waals surface area contributed by atoms with Gasteiger partial charge in [0.1, 0.15) is 0 Å². The van der Waals surface area contributed by atoms with Crippen molar-refractivity contribution in [1.82, 2.24) is 10.2 Å². The summed E-state index contributed by atoms with van der Waals surface area (Å²) >= 11 is 8.03. The Morgan fingerprint density at radius 2 is 1.89 bits per heavy atom. The van der Waals surface area contributed by atoms with Gasteiger partial charge in [-0.25, -0.2) is 8.78 Å². The van der Waals surface area contributed by atoms with Crippen LogP contribution in [0.15, 0.2) is 46.8 Å². The number of rotatable bonds is 6. The van der Waals surface area contributed by atoms with Crippen LogP contribution in [0.1, 0.15) is 20.7 Å². The Bertz CT molecular complexity index is 1010. The number of hydrogen-bond acceptors (Lipinski definition) is 6. The molecule has 0 atom stereocenters. The van der Waals surface area contributed by atoms with E-state index in [1.165, 1.54) is 12.1 Å². The molecule has 1 aromatic heterocycles. The van der Waals surface area contributed by atoms with Crippen LogP contribution in [-0.2, 0) is 0 Å². The van der Waals surface area contributed by atoms with Gasteiger partial charge in [-0.2, -0.15) is 0 Å². The lowest BCUT2D eigenvalue weighted by atomic mass is 10.1. The molecule has 0 radical (unpaired) electrons. The van der Waals surface area contributed by atoms with E-state index in [9.17, 15) is 18.4 Å². The summed E-state index contributed by atoms with van der Waals surface area (Å²) in [5, 5.41) is 11.0. The van der Waals surface area contributed by atoms with E-state index in [-0.39, 0.29) is 28.1 Å². The minimum atomic E-state index is -1.08. The second-order valence-electron chi connectivity index (χ2n) is 5.18. The van der Waals surface area contributed by atoms with Crippen molar-refractivity contribution < 1.29 is 18.4 Å². The number of nitrogens with zero attached hydrogens (tertiary/aromatic N) is 2. The molecular weight excluding hydrogens is 416 g/mol. The summed E-state index contributed by atoms with van der Waals surface area (Å²) in [5.74, 6) is -2.88. The molecule has 5 nitrogen and oxygen atoms in total. The molecule has 3 rings (SSSR count). The zero-order valence-electron chi connectivity index (χ0n) is 13.4. The summed E-state index contributed by atoms with van der Waals surface area (Å²) in [6.07, 6.45) is 0. The Kier molecular flexibility index (Phi) is 6.15. The van der Waals surface area contributed by atoms with Gasteiger partial charge in [0.05, 0.1) is 5.75 Å². The molecule has 10 heteroatoms. The Balaban J connectivity index is 1.58. The molecule has 0 saturated carbocycles. The van der Waals surface area contributed by atoms with E-state index in [0.29, 0.717) is 14.9 Å². The van der Waals surface area contributed by atoms with Crippen LogP contribution in [0.25, 0.3) is 0 Å². The largest absolute Gasteiger partial charge is 0.296 e. The van der Waals surface area contributed by atoms with Crippen molar-refractivity contribution in [1.29, 1.82) is 0 Å². The van der Waals surface area contributed by atoms with Crippen molar-refractivity contribution in [3.8, 4) is 0 Å². The summed E-state index contributed by atoms with van der Waals surface area (Å²) in [6, 6.07) is 9.42. The van der Waals surface area contributed by atoms with Gasteiger partial charge in [0.2, 0.25) is 5.13 Å². The highest BCUT2D eigenvalue weighted by atomic mass is 35.5. The Hall–Kier alpha value is -2.36. The van der Waals surface area contributed by atoms with Crippen molar-refractivity contribution in [3.63, 3.8) is 0 Å². The van der Waals surface area contributed by atoms with Crippen LogP contribution in [0.2, 0.25) is 5.02 Å². The predicted molar refractivity (Wildman–Crippen MR) is 101 cm³/mol. The lowest BCUT2D eigenvalue weighted by Gasteiger charge is -2.01. The van der Waals surface area contributed by atoms with Crippen LogP contribution in [0.4, 0.5) is 13.9 Å². The van der Waals surface area contributed by atoms with Crippen LogP contribution in [0.5, 0.6) is 0 Å². The second-order valence-corrected chi connectivity index (χ2v) is 7.81. The van der Waals surface area contributed by atoms with Crippen LogP contribution in [0.3, 0.4) is 0 Å². The number of Topliss-reactive ketones (excluding diaryl/α,β-unsaturated/α-hetero) is 1. The number of carbonyl (C=O) groups excluding carboxylic acids is 2. The van der Waals surface area contributed by atoms with Crippen LogP contribution in [-0.4, -0.2) is 27.6 Å². The number of halogens is 3. The average molecular weight is 426 g/mol. The first-order valence-corrected chi connectivity index (χ1v) is 9.62. The first-order valence-electron chi connectivity index (χ1n) is 7.44. The average Bonchev–Trinajstić information content (AvgIpc) is 3.09. The monoisotopic (exact) mass is 425 g/mol. The van der Waals surface area contributed by atoms with Gasteiger partial charge >= 0.3 is 0 Å². The number of benzene rings is 2. The maximum Gasteiger partial charge on any atom is 0.257 e. The third kappa shape index (κ3) is 5.09. The number of thioether (sulfide) groups is 1. The minimum absolute atomic E-state index is 0.0258. The van der Waals surface area contributed by atoms with Gasteiger partial charge in [-0.1, -0.05) is 40.8 Å². The van der Waals surface area contributed by atoms with Crippen molar-refractivity contribution >= 4 is 51.5 Å². The number of carbonyl (C=O) groups is 2. The molecule has 1 amide bonds. The predicted octanol–water partition coefficient (Wildman–Crippen LogP) is 4.70. The highest BCUT2D eigenvalue weighted by Gasteiger charge is 2.14. The van der Waals surface area contributed by atoms with E-state index in [2.05, 4.69) is 15.5 Å². The van der Waals surface area contributed by atoms with Crippen molar-refractivity contribution in [3.05, 3.63) is 70.2 Å². The summed E-state index contributed by atoms with van der Waals surface area (Å²) in [5.41, 5.74) is 0.445. The van der Waals surface area contributed by atoms with Crippen molar-refractivity contribution in [2.75, 3.05) is 11.1 Å². The molecule has 0 spiro atoms. The minimum Gasteiger partial charge on any atom is -0.296 e. The second kappa shape index (κ2) is 8.55. The highest BCUT2D eigenvalue weighted by Crippen LogP contribution is 2.26. The Labute approximate surface area is 165 Å². The molecule has 0 aliphatic rings. The van der Waals surface area contributed by atoms with Gasteiger partial charge in [-0.15, -0.1) is 10.2 Å². The molecule has 1 N–H and O–H groups in total. The molecule has 3 aromatic rings. The highest BCUT2D eigenvalue weighted by molar-refractivity contribution is 8.01. The molecule has 2 aromatic carbocycles. The van der Waals surface area contributed by atoms with E-state index in [0.717, 1.165) is 35.2 Å². The maximum absolute atomic E-state index is 13.2. The smallest absolute Gasteiger partial charge is 0.257 e. The molecule has 0 aliphatic carbocycles. The number of amides is 1. The lowest BCUT2D eigenvalue weighted by Crippen LogP contribution is -2.11.